The van der Waals surface area contributed by atoms with Crippen LogP contribution in [0.2, 0.25) is 0 Å². The molecular formula is C13H12BrNO5S. The molecule has 6 nitrogen and oxygen atoms in total. The van der Waals surface area contributed by atoms with Gasteiger partial charge in [-0.15, -0.1) is 0 Å². The van der Waals surface area contributed by atoms with Crippen molar-refractivity contribution in [1.29, 1.82) is 0 Å². The van der Waals surface area contributed by atoms with Gasteiger partial charge in [-0.3, -0.25) is 0 Å². The van der Waals surface area contributed by atoms with Crippen LogP contribution in [0.4, 0.5) is 0 Å². The zero-order valence-corrected chi connectivity index (χ0v) is 13.0. The molecule has 112 valence electrons. The molecule has 1 aliphatic rings. The van der Waals surface area contributed by atoms with Crippen molar-refractivity contribution in [2.75, 3.05) is 0 Å². The average molecular weight is 374 g/mol. The summed E-state index contributed by atoms with van der Waals surface area (Å²) < 4.78 is 27.3. The molecule has 0 bridgehead atoms. The highest BCUT2D eigenvalue weighted by Gasteiger charge is 2.46. The summed E-state index contributed by atoms with van der Waals surface area (Å²) in [7, 11) is -4.12. The summed E-state index contributed by atoms with van der Waals surface area (Å²) in [4.78, 5) is 11.4. The molecule has 8 heteroatoms. The molecule has 0 radical (unpaired) electrons. The van der Waals surface area contributed by atoms with E-state index in [-0.39, 0.29) is 4.90 Å². The van der Waals surface area contributed by atoms with Gasteiger partial charge in [0.05, 0.1) is 4.90 Å². The number of rotatable bonds is 4. The lowest BCUT2D eigenvalue weighted by atomic mass is 9.90. The number of aliphatic hydroxyl groups excluding tert-OH is 1. The summed E-state index contributed by atoms with van der Waals surface area (Å²) in [6.07, 6.45) is 3.61. The van der Waals surface area contributed by atoms with Crippen molar-refractivity contribution in [2.24, 2.45) is 0 Å². The highest BCUT2D eigenvalue weighted by Crippen LogP contribution is 2.23. The normalized spacial score (nSPS) is 25.0. The molecule has 0 saturated heterocycles. The molecule has 1 aliphatic carbocycles. The first-order chi connectivity index (χ1) is 9.78. The van der Waals surface area contributed by atoms with E-state index in [0.717, 1.165) is 6.08 Å². The first-order valence-electron chi connectivity index (χ1n) is 5.85. The molecule has 0 amide bonds. The van der Waals surface area contributed by atoms with Gasteiger partial charge in [0.1, 0.15) is 6.10 Å². The summed E-state index contributed by atoms with van der Waals surface area (Å²) in [6, 6.07) is 5.83. The monoisotopic (exact) mass is 373 g/mol. The lowest BCUT2D eigenvalue weighted by molar-refractivity contribution is -0.145. The van der Waals surface area contributed by atoms with Gasteiger partial charge in [-0.1, -0.05) is 40.2 Å². The zero-order valence-electron chi connectivity index (χ0n) is 10.6. The van der Waals surface area contributed by atoms with E-state index in [9.17, 15) is 23.4 Å². The molecule has 2 unspecified atom stereocenters. The van der Waals surface area contributed by atoms with Crippen LogP contribution in [0, 0.1) is 0 Å². The van der Waals surface area contributed by atoms with Crippen LogP contribution in [0.25, 0.3) is 0 Å². The van der Waals surface area contributed by atoms with Gasteiger partial charge in [-0.2, -0.15) is 4.72 Å². The fourth-order valence-corrected chi connectivity index (χ4v) is 3.81. The molecule has 0 aromatic heterocycles. The first-order valence-corrected chi connectivity index (χ1v) is 8.12. The van der Waals surface area contributed by atoms with Crippen LogP contribution in [0.1, 0.15) is 0 Å². The Hall–Kier alpha value is -1.48. The lowest BCUT2D eigenvalue weighted by Crippen LogP contribution is -2.60. The predicted octanol–water partition coefficient (Wildman–Crippen LogP) is 1.04. The van der Waals surface area contributed by atoms with E-state index in [1.54, 1.807) is 6.07 Å². The number of hydrogen-bond donors (Lipinski definition) is 3. The Morgan fingerprint density at radius 2 is 2.05 bits per heavy atom. The van der Waals surface area contributed by atoms with Crippen molar-refractivity contribution in [3.05, 3.63) is 53.0 Å². The Morgan fingerprint density at radius 3 is 2.62 bits per heavy atom. The smallest absolute Gasteiger partial charge is 0.332 e. The highest BCUT2D eigenvalue weighted by atomic mass is 79.9. The van der Waals surface area contributed by atoms with Gasteiger partial charge in [-0.05, 0) is 24.3 Å². The van der Waals surface area contributed by atoms with Crippen LogP contribution in [0.5, 0.6) is 0 Å². The standard InChI is InChI=1S/C13H12BrNO5S/c14-9-4-3-5-10(8-9)21(19,20)15-13(12(17)18)7-2-1-6-11(13)16/h1-8,11,15-16H,(H,17,18). The second kappa shape index (κ2) is 5.72. The van der Waals surface area contributed by atoms with Crippen LogP contribution in [-0.2, 0) is 14.8 Å². The number of allylic oxidation sites excluding steroid dienone is 2. The van der Waals surface area contributed by atoms with Gasteiger partial charge in [0.25, 0.3) is 0 Å². The fraction of sp³-hybridized carbons (Fsp3) is 0.154. The molecule has 1 aromatic carbocycles. The molecule has 0 aliphatic heterocycles. The number of carboxylic acids is 1. The number of carboxylic acid groups (broad SMARTS) is 1. The molecule has 0 fully saturated rings. The van der Waals surface area contributed by atoms with E-state index >= 15 is 0 Å². The number of aliphatic hydroxyl groups is 1. The third-order valence-corrected chi connectivity index (χ3v) is 4.97. The van der Waals surface area contributed by atoms with Gasteiger partial charge >= 0.3 is 5.97 Å². The number of benzene rings is 1. The van der Waals surface area contributed by atoms with E-state index in [4.69, 9.17) is 0 Å². The van der Waals surface area contributed by atoms with Crippen LogP contribution >= 0.6 is 15.9 Å². The van der Waals surface area contributed by atoms with Gasteiger partial charge in [0.2, 0.25) is 10.0 Å². The SMILES string of the molecule is O=C(O)C1(NS(=O)(=O)c2cccc(Br)c2)C=CC=CC1O. The number of sulfonamides is 1. The summed E-state index contributed by atoms with van der Waals surface area (Å²) in [6.45, 7) is 0. The Balaban J connectivity index is 2.44. The summed E-state index contributed by atoms with van der Waals surface area (Å²) in [5.41, 5.74) is -2.13. The van der Waals surface area contributed by atoms with Crippen molar-refractivity contribution in [3.63, 3.8) is 0 Å². The van der Waals surface area contributed by atoms with Crippen LogP contribution in [-0.4, -0.2) is 36.2 Å². The molecule has 0 heterocycles. The van der Waals surface area contributed by atoms with E-state index in [1.807, 2.05) is 0 Å². The van der Waals surface area contributed by atoms with Gasteiger partial charge in [0, 0.05) is 4.47 Å². The zero-order chi connectivity index (χ0) is 15.7. The molecule has 0 saturated carbocycles. The van der Waals surface area contributed by atoms with Crippen LogP contribution in [0.3, 0.4) is 0 Å². The topological polar surface area (TPSA) is 104 Å². The predicted molar refractivity (Wildman–Crippen MR) is 79.1 cm³/mol. The van der Waals surface area contributed by atoms with Crippen molar-refractivity contribution >= 4 is 31.9 Å². The van der Waals surface area contributed by atoms with Crippen molar-refractivity contribution in [2.45, 2.75) is 16.5 Å². The minimum absolute atomic E-state index is 0.104. The second-order valence-electron chi connectivity index (χ2n) is 4.43. The van der Waals surface area contributed by atoms with Crippen molar-refractivity contribution in [3.8, 4) is 0 Å². The maximum Gasteiger partial charge on any atom is 0.332 e. The number of aliphatic carboxylic acids is 1. The second-order valence-corrected chi connectivity index (χ2v) is 7.02. The molecule has 2 rings (SSSR count). The van der Waals surface area contributed by atoms with Gasteiger partial charge in [-0.25, -0.2) is 13.2 Å². The molecule has 21 heavy (non-hydrogen) atoms. The maximum atomic E-state index is 12.3. The average Bonchev–Trinajstić information content (AvgIpc) is 2.41. The van der Waals surface area contributed by atoms with Crippen molar-refractivity contribution in [1.82, 2.24) is 4.72 Å². The Kier molecular flexibility index (Phi) is 4.33. The third kappa shape index (κ3) is 3.08. The molecule has 1 aromatic rings. The quantitative estimate of drug-likeness (QED) is 0.731. The van der Waals surface area contributed by atoms with E-state index in [2.05, 4.69) is 20.7 Å². The number of halogens is 1. The van der Waals surface area contributed by atoms with E-state index in [0.29, 0.717) is 4.47 Å². The van der Waals surface area contributed by atoms with Crippen LogP contribution < -0.4 is 4.72 Å². The molecule has 3 N–H and O–H groups in total. The summed E-state index contributed by atoms with van der Waals surface area (Å²) in [5.74, 6) is -1.49. The number of nitrogens with one attached hydrogen (secondary N) is 1. The molecule has 0 spiro atoms. The lowest BCUT2D eigenvalue weighted by Gasteiger charge is -2.31. The first kappa shape index (κ1) is 15.9. The highest BCUT2D eigenvalue weighted by molar-refractivity contribution is 9.10. The Morgan fingerprint density at radius 1 is 1.33 bits per heavy atom. The largest absolute Gasteiger partial charge is 0.480 e. The molecular weight excluding hydrogens is 362 g/mol. The number of hydrogen-bond acceptors (Lipinski definition) is 4. The Bertz CT molecular complexity index is 728. The Labute approximate surface area is 130 Å². The van der Waals surface area contributed by atoms with E-state index in [1.165, 1.54) is 36.4 Å². The van der Waals surface area contributed by atoms with Crippen LogP contribution in [0.15, 0.2) is 57.9 Å². The summed E-state index contributed by atoms with van der Waals surface area (Å²) >= 11 is 3.15. The minimum atomic E-state index is -4.12. The summed E-state index contributed by atoms with van der Waals surface area (Å²) in [5, 5.41) is 19.2. The third-order valence-electron chi connectivity index (χ3n) is 2.99. The number of carbonyl (C=O) groups is 1. The van der Waals surface area contributed by atoms with E-state index < -0.39 is 27.6 Å². The molecule has 2 atom stereocenters. The van der Waals surface area contributed by atoms with Gasteiger partial charge < -0.3 is 10.2 Å². The van der Waals surface area contributed by atoms with Gasteiger partial charge in [0.15, 0.2) is 5.54 Å². The maximum absolute atomic E-state index is 12.3. The minimum Gasteiger partial charge on any atom is -0.480 e. The van der Waals surface area contributed by atoms with Crippen molar-refractivity contribution < 1.29 is 23.4 Å². The fourth-order valence-electron chi connectivity index (χ4n) is 1.88.